The summed E-state index contributed by atoms with van der Waals surface area (Å²) < 4.78 is 8.76. The summed E-state index contributed by atoms with van der Waals surface area (Å²) in [6, 6.07) is 0. The third kappa shape index (κ3) is 1.23. The lowest BCUT2D eigenvalue weighted by Gasteiger charge is -1.75. The minimum Gasteiger partial charge on any atom is -0.399 e. The predicted octanol–water partition coefficient (Wildman–Crippen LogP) is 0.408. The molecule has 3 heteroatoms. The van der Waals surface area contributed by atoms with Gasteiger partial charge in [0.15, 0.2) is 5.76 Å². The van der Waals surface area contributed by atoms with Crippen LogP contribution in [-0.2, 0) is 6.42 Å². The van der Waals surface area contributed by atoms with Gasteiger partial charge in [-0.2, -0.15) is 0 Å². The Morgan fingerprint density at radius 3 is 3.00 bits per heavy atom. The summed E-state index contributed by atoms with van der Waals surface area (Å²) in [4.78, 5) is 10.2. The maximum atomic E-state index is 10.2. The Labute approximate surface area is 51.3 Å². The number of hydrogen-bond acceptors (Lipinski definition) is 3. The third-order valence-corrected chi connectivity index (χ3v) is 0.777. The molecule has 0 saturated carbocycles. The van der Waals surface area contributed by atoms with E-state index >= 15 is 0 Å². The number of hydrogen-bond donors (Lipinski definition) is 0. The van der Waals surface area contributed by atoms with Crippen molar-refractivity contribution in [2.45, 2.75) is 6.42 Å². The van der Waals surface area contributed by atoms with Crippen LogP contribution in [0.2, 0.25) is 0 Å². The van der Waals surface area contributed by atoms with Gasteiger partial charge in [-0.25, -0.2) is 4.79 Å². The van der Waals surface area contributed by atoms with Gasteiger partial charge in [0.25, 0.3) is 0 Å². The average molecular weight is 124 g/mol. The van der Waals surface area contributed by atoms with E-state index in [0.717, 1.165) is 0 Å². The zero-order chi connectivity index (χ0) is 6.69. The summed E-state index contributed by atoms with van der Waals surface area (Å²) >= 11 is 0. The lowest BCUT2D eigenvalue weighted by Crippen LogP contribution is -1.86. The molecular weight excluding hydrogens is 120 g/mol. The molecule has 0 aliphatic rings. The lowest BCUT2D eigenvalue weighted by molar-refractivity contribution is 0.376. The van der Waals surface area contributed by atoms with Crippen molar-refractivity contribution in [3.63, 3.8) is 0 Å². The van der Waals surface area contributed by atoms with Crippen LogP contribution in [0.15, 0.2) is 19.9 Å². The molecule has 0 aromatic carbocycles. The van der Waals surface area contributed by atoms with Gasteiger partial charge in [0, 0.05) is 0 Å². The summed E-state index contributed by atoms with van der Waals surface area (Å²) in [6.07, 6.45) is 6.42. The van der Waals surface area contributed by atoms with E-state index in [-0.39, 0.29) is 0 Å². The Morgan fingerprint density at radius 1 is 1.78 bits per heavy atom. The van der Waals surface area contributed by atoms with E-state index in [4.69, 9.17) is 6.42 Å². The van der Waals surface area contributed by atoms with Crippen LogP contribution in [0.5, 0.6) is 0 Å². The van der Waals surface area contributed by atoms with Crippen LogP contribution in [0.1, 0.15) is 5.76 Å². The maximum absolute atomic E-state index is 10.2. The molecule has 3 nitrogen and oxygen atoms in total. The van der Waals surface area contributed by atoms with Crippen molar-refractivity contribution in [1.82, 2.24) is 0 Å². The quantitative estimate of drug-likeness (QED) is 0.509. The van der Waals surface area contributed by atoms with Gasteiger partial charge in [0.1, 0.15) is 6.26 Å². The summed E-state index contributed by atoms with van der Waals surface area (Å²) in [7, 11) is 0. The average Bonchev–Trinajstić information content (AvgIpc) is 2.17. The first-order valence-corrected chi connectivity index (χ1v) is 2.34. The van der Waals surface area contributed by atoms with E-state index < -0.39 is 5.82 Å². The third-order valence-electron chi connectivity index (χ3n) is 0.777. The van der Waals surface area contributed by atoms with Gasteiger partial charge in [-0.05, 0) is 0 Å². The van der Waals surface area contributed by atoms with Crippen LogP contribution in [-0.4, -0.2) is 0 Å². The first kappa shape index (κ1) is 5.70. The molecule has 1 rings (SSSR count). The van der Waals surface area contributed by atoms with Crippen molar-refractivity contribution in [3.8, 4) is 12.3 Å². The topological polar surface area (TPSA) is 43.4 Å². The molecule has 9 heavy (non-hydrogen) atoms. The van der Waals surface area contributed by atoms with E-state index in [0.29, 0.717) is 12.2 Å². The van der Waals surface area contributed by atoms with Crippen molar-refractivity contribution in [2.24, 2.45) is 0 Å². The Balaban J connectivity index is 2.88. The van der Waals surface area contributed by atoms with Gasteiger partial charge in [-0.15, -0.1) is 6.42 Å². The molecule has 0 fully saturated rings. The van der Waals surface area contributed by atoms with Gasteiger partial charge in [0.2, 0.25) is 0 Å². The zero-order valence-electron chi connectivity index (χ0n) is 4.59. The van der Waals surface area contributed by atoms with Crippen LogP contribution >= 0.6 is 0 Å². The Kier molecular flexibility index (Phi) is 1.41. The molecule has 0 aliphatic heterocycles. The van der Waals surface area contributed by atoms with Gasteiger partial charge < -0.3 is 8.83 Å². The second-order valence-electron chi connectivity index (χ2n) is 1.43. The van der Waals surface area contributed by atoms with Gasteiger partial charge >= 0.3 is 5.82 Å². The molecule has 1 aromatic heterocycles. The van der Waals surface area contributed by atoms with Crippen LogP contribution in [0.4, 0.5) is 0 Å². The van der Waals surface area contributed by atoms with Gasteiger partial charge in [-0.1, -0.05) is 5.92 Å². The van der Waals surface area contributed by atoms with Crippen LogP contribution in [0.3, 0.4) is 0 Å². The fraction of sp³-hybridized carbons (Fsp3) is 0.167. The van der Waals surface area contributed by atoms with Crippen molar-refractivity contribution in [3.05, 3.63) is 22.6 Å². The number of terminal acetylenes is 1. The Hall–Kier alpha value is -1.43. The first-order chi connectivity index (χ1) is 4.33. The zero-order valence-corrected chi connectivity index (χ0v) is 4.59. The van der Waals surface area contributed by atoms with E-state index in [1.54, 1.807) is 0 Å². The van der Waals surface area contributed by atoms with Crippen molar-refractivity contribution in [1.29, 1.82) is 0 Å². The van der Waals surface area contributed by atoms with Crippen LogP contribution < -0.4 is 5.82 Å². The lowest BCUT2D eigenvalue weighted by atomic mass is 10.4. The van der Waals surface area contributed by atoms with Gasteiger partial charge in [0.05, 0.1) is 6.42 Å². The first-order valence-electron chi connectivity index (χ1n) is 2.34. The standard InChI is InChI=1S/C6H4O3/c1-2-3-5-4-8-6(7)9-5/h1,4H,3H2. The second-order valence-corrected chi connectivity index (χ2v) is 1.43. The Morgan fingerprint density at radius 2 is 2.56 bits per heavy atom. The van der Waals surface area contributed by atoms with E-state index in [1.807, 2.05) is 0 Å². The van der Waals surface area contributed by atoms with Crippen LogP contribution in [0.25, 0.3) is 0 Å². The SMILES string of the molecule is C#CCc1coc(=O)o1. The van der Waals surface area contributed by atoms with Crippen molar-refractivity contribution >= 4 is 0 Å². The highest BCUT2D eigenvalue weighted by atomic mass is 16.6. The molecule has 0 aliphatic carbocycles. The van der Waals surface area contributed by atoms with Gasteiger partial charge in [-0.3, -0.25) is 0 Å². The van der Waals surface area contributed by atoms with E-state index in [9.17, 15) is 4.79 Å². The molecule has 1 aromatic rings. The molecule has 0 atom stereocenters. The summed E-state index contributed by atoms with van der Waals surface area (Å²) in [6.45, 7) is 0. The fourth-order valence-electron chi connectivity index (χ4n) is 0.447. The van der Waals surface area contributed by atoms with Crippen molar-refractivity contribution in [2.75, 3.05) is 0 Å². The molecule has 0 saturated heterocycles. The monoisotopic (exact) mass is 124 g/mol. The molecule has 0 unspecified atom stereocenters. The maximum Gasteiger partial charge on any atom is 0.518 e. The molecule has 0 spiro atoms. The molecule has 1 heterocycles. The normalized spacial score (nSPS) is 8.78. The smallest absolute Gasteiger partial charge is 0.399 e. The summed E-state index contributed by atoms with van der Waals surface area (Å²) in [5.41, 5.74) is 0. The van der Waals surface area contributed by atoms with E-state index in [2.05, 4.69) is 14.8 Å². The minimum atomic E-state index is -0.708. The van der Waals surface area contributed by atoms with E-state index in [1.165, 1.54) is 6.26 Å². The highest BCUT2D eigenvalue weighted by Gasteiger charge is 1.95. The summed E-state index contributed by atoms with van der Waals surface area (Å²) in [5, 5.41) is 0. The molecule has 46 valence electrons. The molecule has 0 radical (unpaired) electrons. The second kappa shape index (κ2) is 2.23. The minimum absolute atomic E-state index is 0.297. The molecule has 0 N–H and O–H groups in total. The summed E-state index contributed by atoms with van der Waals surface area (Å²) in [5.74, 6) is 1.99. The highest BCUT2D eigenvalue weighted by Crippen LogP contribution is 1.93. The van der Waals surface area contributed by atoms with Crippen molar-refractivity contribution < 1.29 is 8.83 Å². The Bertz CT molecular complexity index is 273. The fourth-order valence-corrected chi connectivity index (χ4v) is 0.447. The molecule has 0 amide bonds. The largest absolute Gasteiger partial charge is 0.518 e. The predicted molar refractivity (Wildman–Crippen MR) is 29.8 cm³/mol. The molecular formula is C6H4O3. The highest BCUT2D eigenvalue weighted by molar-refractivity contribution is 4.99. The molecule has 0 bridgehead atoms. The number of rotatable bonds is 1. The van der Waals surface area contributed by atoms with Crippen LogP contribution in [0, 0.1) is 12.3 Å².